The number of primary sulfonamides is 1. The Balaban J connectivity index is 1.62. The third-order valence-corrected chi connectivity index (χ3v) is 8.39. The second-order valence-electron chi connectivity index (χ2n) is 10.7. The smallest absolute Gasteiger partial charge is 0.450 e. The molecular formula is C31H31F5N4O5S. The average molecular weight is 667 g/mol. The van der Waals surface area contributed by atoms with Gasteiger partial charge in [-0.3, -0.25) is 0 Å². The van der Waals surface area contributed by atoms with Crippen molar-refractivity contribution in [2.24, 2.45) is 5.14 Å². The molecule has 4 aromatic rings. The van der Waals surface area contributed by atoms with Crippen LogP contribution in [0.3, 0.4) is 0 Å². The predicted molar refractivity (Wildman–Crippen MR) is 157 cm³/mol. The number of aliphatic hydroxyl groups is 1. The number of rotatable bonds is 11. The molecule has 2 heterocycles. The van der Waals surface area contributed by atoms with E-state index in [2.05, 4.69) is 10.3 Å². The van der Waals surface area contributed by atoms with Crippen LogP contribution in [-0.4, -0.2) is 35.5 Å². The number of nitrogens with one attached hydrogen (secondary N) is 1. The molecule has 1 aromatic heterocycles. The third kappa shape index (κ3) is 7.17. The molecule has 9 nitrogen and oxygen atoms in total. The van der Waals surface area contributed by atoms with E-state index in [1.165, 1.54) is 47.0 Å². The number of halogens is 5. The van der Waals surface area contributed by atoms with Gasteiger partial charge in [0.2, 0.25) is 10.0 Å². The van der Waals surface area contributed by atoms with E-state index in [1.807, 2.05) is 6.92 Å². The molecule has 1 aliphatic heterocycles. The molecule has 4 N–H and O–H groups in total. The predicted octanol–water partition coefficient (Wildman–Crippen LogP) is 5.77. The number of imidazole rings is 1. The number of fused-ring (bicyclic) bond motifs is 1. The Hall–Kier alpha value is -4.05. The minimum Gasteiger partial charge on any atom is -0.450 e. The number of para-hydroxylation sites is 1. The molecule has 1 aliphatic rings. The SMILES string of the molecule is CCCCn1c(-c2ccccc2)nc(C(F)(F)F)c1CC(NCc1ccc(S(N)(=O)=O)cc1)c1cccc2c1OC(O)C(F)(F)O2. The maximum atomic E-state index is 14.6. The van der Waals surface area contributed by atoms with Gasteiger partial charge in [-0.15, -0.1) is 0 Å². The van der Waals surface area contributed by atoms with Crippen molar-refractivity contribution >= 4 is 10.0 Å². The fourth-order valence-corrected chi connectivity index (χ4v) is 5.71. The molecule has 2 unspecified atom stereocenters. The van der Waals surface area contributed by atoms with Crippen molar-refractivity contribution in [3.05, 3.63) is 95.3 Å². The summed E-state index contributed by atoms with van der Waals surface area (Å²) in [6.45, 7) is 2.14. The molecule has 3 aromatic carbocycles. The zero-order valence-corrected chi connectivity index (χ0v) is 25.3. The second-order valence-corrected chi connectivity index (χ2v) is 12.3. The molecule has 0 bridgehead atoms. The number of aliphatic hydroxyl groups excluding tert-OH is 1. The number of aromatic nitrogens is 2. The first-order chi connectivity index (χ1) is 21.7. The summed E-state index contributed by atoms with van der Waals surface area (Å²) in [6.07, 6.45) is -10.7. The Morgan fingerprint density at radius 1 is 1.07 bits per heavy atom. The van der Waals surface area contributed by atoms with Crippen LogP contribution in [0.5, 0.6) is 11.5 Å². The van der Waals surface area contributed by atoms with E-state index in [0.29, 0.717) is 24.0 Å². The number of benzene rings is 3. The summed E-state index contributed by atoms with van der Waals surface area (Å²) in [7, 11) is -3.96. The van der Waals surface area contributed by atoms with Crippen molar-refractivity contribution in [1.82, 2.24) is 14.9 Å². The summed E-state index contributed by atoms with van der Waals surface area (Å²) < 4.78 is 107. The molecule has 0 saturated carbocycles. The molecule has 5 rings (SSSR count). The highest BCUT2D eigenvalue weighted by Gasteiger charge is 2.49. The van der Waals surface area contributed by atoms with E-state index in [-0.39, 0.29) is 47.2 Å². The summed E-state index contributed by atoms with van der Waals surface area (Å²) in [4.78, 5) is 3.94. The van der Waals surface area contributed by atoms with Crippen LogP contribution in [0.25, 0.3) is 11.4 Å². The highest BCUT2D eigenvalue weighted by Crippen LogP contribution is 2.45. The number of hydrogen-bond acceptors (Lipinski definition) is 7. The van der Waals surface area contributed by atoms with Crippen molar-refractivity contribution < 1.29 is 45.0 Å². The van der Waals surface area contributed by atoms with Gasteiger partial charge in [-0.2, -0.15) is 22.0 Å². The lowest BCUT2D eigenvalue weighted by Gasteiger charge is -2.32. The van der Waals surface area contributed by atoms with Crippen molar-refractivity contribution in [2.75, 3.05) is 0 Å². The van der Waals surface area contributed by atoms with Gasteiger partial charge in [0.05, 0.1) is 10.6 Å². The minimum absolute atomic E-state index is 0.00872. The molecule has 0 amide bonds. The van der Waals surface area contributed by atoms with Crippen molar-refractivity contribution in [3.63, 3.8) is 0 Å². The van der Waals surface area contributed by atoms with Gasteiger partial charge in [-0.25, -0.2) is 18.5 Å². The summed E-state index contributed by atoms with van der Waals surface area (Å²) in [5.74, 6) is -0.546. The van der Waals surface area contributed by atoms with E-state index in [9.17, 15) is 35.5 Å². The lowest BCUT2D eigenvalue weighted by molar-refractivity contribution is -0.305. The van der Waals surface area contributed by atoms with Gasteiger partial charge in [-0.05, 0) is 30.2 Å². The summed E-state index contributed by atoms with van der Waals surface area (Å²) >= 11 is 0. The highest BCUT2D eigenvalue weighted by molar-refractivity contribution is 7.89. The molecular weight excluding hydrogens is 635 g/mol. The van der Waals surface area contributed by atoms with Crippen LogP contribution in [0.2, 0.25) is 0 Å². The van der Waals surface area contributed by atoms with Gasteiger partial charge in [-0.1, -0.05) is 67.9 Å². The summed E-state index contributed by atoms with van der Waals surface area (Å²) in [6, 6.07) is 17.0. The lowest BCUT2D eigenvalue weighted by atomic mass is 9.98. The van der Waals surface area contributed by atoms with Gasteiger partial charge < -0.3 is 24.5 Å². The molecule has 46 heavy (non-hydrogen) atoms. The van der Waals surface area contributed by atoms with E-state index < -0.39 is 46.1 Å². The lowest BCUT2D eigenvalue weighted by Crippen LogP contribution is -2.46. The van der Waals surface area contributed by atoms with Crippen LogP contribution in [0.15, 0.2) is 77.7 Å². The maximum absolute atomic E-state index is 14.6. The number of nitrogens with two attached hydrogens (primary N) is 1. The Morgan fingerprint density at radius 2 is 1.76 bits per heavy atom. The molecule has 0 spiro atoms. The van der Waals surface area contributed by atoms with Crippen molar-refractivity contribution in [1.29, 1.82) is 0 Å². The number of unbranched alkanes of at least 4 members (excludes halogenated alkanes) is 1. The first-order valence-electron chi connectivity index (χ1n) is 14.3. The normalized spacial score (nSPS) is 16.7. The number of ether oxygens (including phenoxy) is 2. The first kappa shape index (κ1) is 33.3. The fraction of sp³-hybridized carbons (Fsp3) is 0.323. The quantitative estimate of drug-likeness (QED) is 0.173. The van der Waals surface area contributed by atoms with Crippen LogP contribution < -0.4 is 19.9 Å². The Labute approximate surface area is 261 Å². The number of hydrogen-bond donors (Lipinski definition) is 3. The van der Waals surface area contributed by atoms with Crippen LogP contribution in [0.1, 0.15) is 48.3 Å². The van der Waals surface area contributed by atoms with E-state index in [0.717, 1.165) is 0 Å². The van der Waals surface area contributed by atoms with Crippen LogP contribution in [0, 0.1) is 0 Å². The molecule has 15 heteroatoms. The third-order valence-electron chi connectivity index (χ3n) is 7.46. The number of alkyl halides is 5. The standard InChI is InChI=1S/C31H31F5N4O5S/c1-2-3-16-40-24(27(30(32,33)34)39-28(40)20-8-5-4-6-9-20)17-23(38-18-19-12-14-21(15-13-19)46(37,42)43)22-10-7-11-25-26(22)44-29(41)31(35,36)45-25/h4-15,23,29,38,41H,2-3,16-18H2,1H3,(H2,37,42,43). The van der Waals surface area contributed by atoms with E-state index in [1.54, 1.807) is 30.3 Å². The molecule has 0 aliphatic carbocycles. The number of nitrogens with zero attached hydrogens (tertiary/aromatic N) is 2. The van der Waals surface area contributed by atoms with Gasteiger partial charge in [0.15, 0.2) is 17.2 Å². The van der Waals surface area contributed by atoms with E-state index >= 15 is 0 Å². The van der Waals surface area contributed by atoms with Gasteiger partial charge in [0, 0.05) is 36.7 Å². The molecule has 0 fully saturated rings. The highest BCUT2D eigenvalue weighted by atomic mass is 32.2. The molecule has 0 radical (unpaired) electrons. The minimum atomic E-state index is -4.83. The topological polar surface area (TPSA) is 129 Å². The van der Waals surface area contributed by atoms with Gasteiger partial charge >= 0.3 is 18.6 Å². The van der Waals surface area contributed by atoms with E-state index in [4.69, 9.17) is 14.6 Å². The molecule has 246 valence electrons. The summed E-state index contributed by atoms with van der Waals surface area (Å²) in [5, 5.41) is 18.3. The van der Waals surface area contributed by atoms with Crippen LogP contribution >= 0.6 is 0 Å². The second kappa shape index (κ2) is 13.0. The largest absolute Gasteiger partial charge is 0.463 e. The zero-order chi connectivity index (χ0) is 33.3. The Morgan fingerprint density at radius 3 is 2.39 bits per heavy atom. The molecule has 2 atom stereocenters. The molecule has 0 saturated heterocycles. The number of sulfonamides is 1. The van der Waals surface area contributed by atoms with Gasteiger partial charge in [0.25, 0.3) is 0 Å². The Kier molecular flexibility index (Phi) is 9.40. The van der Waals surface area contributed by atoms with Crippen molar-refractivity contribution in [3.8, 4) is 22.9 Å². The first-order valence-corrected chi connectivity index (χ1v) is 15.8. The average Bonchev–Trinajstić information content (AvgIpc) is 3.37. The van der Waals surface area contributed by atoms with Crippen LogP contribution in [0.4, 0.5) is 22.0 Å². The van der Waals surface area contributed by atoms with Crippen molar-refractivity contribution in [2.45, 2.75) is 68.8 Å². The van der Waals surface area contributed by atoms with Gasteiger partial charge in [0.1, 0.15) is 5.82 Å². The summed E-state index contributed by atoms with van der Waals surface area (Å²) in [5.41, 5.74) is -0.0753. The maximum Gasteiger partial charge on any atom is 0.463 e. The zero-order valence-electron chi connectivity index (χ0n) is 24.5. The Bertz CT molecular complexity index is 1780. The van der Waals surface area contributed by atoms with Crippen LogP contribution in [-0.2, 0) is 35.7 Å². The fourth-order valence-electron chi connectivity index (χ4n) is 5.20. The monoisotopic (exact) mass is 666 g/mol.